The lowest BCUT2D eigenvalue weighted by atomic mass is 10.2. The molecule has 66 valence electrons. The average Bonchev–Trinajstić information content (AvgIpc) is 2.12. The Balaban J connectivity index is 2.92. The molecule has 2 rings (SSSR count). The van der Waals surface area contributed by atoms with Gasteiger partial charge in [0.1, 0.15) is 5.82 Å². The van der Waals surface area contributed by atoms with E-state index in [0.29, 0.717) is 10.8 Å². The molecular weight excluding hydrogens is 237 g/mol. The summed E-state index contributed by atoms with van der Waals surface area (Å²) in [6, 6.07) is 4.93. The molecule has 0 atom stereocenters. The van der Waals surface area contributed by atoms with E-state index in [1.54, 1.807) is 18.2 Å². The first kappa shape index (κ1) is 8.44. The molecule has 0 unspecified atom stereocenters. The van der Waals surface area contributed by atoms with Crippen LogP contribution in [0.3, 0.4) is 0 Å². The van der Waals surface area contributed by atoms with Crippen LogP contribution < -0.4 is 0 Å². The summed E-state index contributed by atoms with van der Waals surface area (Å²) < 4.78 is 13.9. The first-order valence-corrected chi connectivity index (χ1v) is 4.40. The molecule has 0 spiro atoms. The maximum absolute atomic E-state index is 13.1. The average molecular weight is 242 g/mol. The molecule has 0 radical (unpaired) electrons. The Morgan fingerprint density at radius 2 is 2.08 bits per heavy atom. The van der Waals surface area contributed by atoms with Gasteiger partial charge in [-0.25, -0.2) is 9.37 Å². The fraction of sp³-hybridized carbons (Fsp3) is 0. The first-order valence-electron chi connectivity index (χ1n) is 3.61. The van der Waals surface area contributed by atoms with Gasteiger partial charge in [-0.2, -0.15) is 0 Å². The van der Waals surface area contributed by atoms with Crippen LogP contribution in [0.5, 0.6) is 5.88 Å². The number of hydrogen-bond donors (Lipinski definition) is 1. The van der Waals surface area contributed by atoms with E-state index in [9.17, 15) is 9.50 Å². The fourth-order valence-electron chi connectivity index (χ4n) is 1.17. The van der Waals surface area contributed by atoms with E-state index < -0.39 is 5.82 Å². The molecule has 0 aliphatic carbocycles. The molecule has 0 amide bonds. The zero-order valence-corrected chi connectivity index (χ0v) is 8.05. The molecule has 0 fully saturated rings. The third-order valence-electron chi connectivity index (χ3n) is 1.78. The van der Waals surface area contributed by atoms with Crippen LogP contribution in [0.25, 0.3) is 10.8 Å². The van der Waals surface area contributed by atoms with Gasteiger partial charge in [-0.05, 0) is 12.1 Å². The number of aromatic nitrogens is 1. The van der Waals surface area contributed by atoms with Crippen LogP contribution in [-0.2, 0) is 0 Å². The summed E-state index contributed by atoms with van der Waals surface area (Å²) in [5, 5.41) is 10.1. The minimum atomic E-state index is -0.430. The number of pyridine rings is 1. The zero-order valence-electron chi connectivity index (χ0n) is 6.46. The van der Waals surface area contributed by atoms with Crippen LogP contribution >= 0.6 is 15.9 Å². The Morgan fingerprint density at radius 3 is 2.85 bits per heavy atom. The normalized spacial score (nSPS) is 10.6. The van der Waals surface area contributed by atoms with Gasteiger partial charge in [0.05, 0.1) is 6.20 Å². The van der Waals surface area contributed by atoms with Crippen molar-refractivity contribution >= 4 is 26.7 Å². The Hall–Kier alpha value is -1.16. The number of aromatic hydroxyl groups is 1. The van der Waals surface area contributed by atoms with Crippen LogP contribution in [-0.4, -0.2) is 10.1 Å². The minimum Gasteiger partial charge on any atom is -0.493 e. The second kappa shape index (κ2) is 2.96. The lowest BCUT2D eigenvalue weighted by Crippen LogP contribution is -1.83. The summed E-state index contributed by atoms with van der Waals surface area (Å²) in [7, 11) is 0. The van der Waals surface area contributed by atoms with Gasteiger partial charge in [0, 0.05) is 15.2 Å². The monoisotopic (exact) mass is 241 g/mol. The van der Waals surface area contributed by atoms with E-state index in [4.69, 9.17) is 0 Å². The molecule has 0 saturated carbocycles. The van der Waals surface area contributed by atoms with Gasteiger partial charge < -0.3 is 5.11 Å². The maximum Gasteiger partial charge on any atom is 0.219 e. The van der Waals surface area contributed by atoms with Gasteiger partial charge >= 0.3 is 0 Å². The van der Waals surface area contributed by atoms with E-state index in [0.717, 1.165) is 10.7 Å². The fourth-order valence-corrected chi connectivity index (χ4v) is 1.53. The van der Waals surface area contributed by atoms with E-state index >= 15 is 0 Å². The van der Waals surface area contributed by atoms with Crippen molar-refractivity contribution in [2.45, 2.75) is 0 Å². The molecule has 2 nitrogen and oxygen atoms in total. The van der Waals surface area contributed by atoms with Crippen molar-refractivity contribution in [3.8, 4) is 5.88 Å². The van der Waals surface area contributed by atoms with Gasteiger partial charge in [0.15, 0.2) is 0 Å². The summed E-state index contributed by atoms with van der Waals surface area (Å²) in [6.07, 6.45) is 1.01. The number of halogens is 2. The Bertz CT molecular complexity index is 472. The van der Waals surface area contributed by atoms with Crippen LogP contribution in [0, 0.1) is 5.82 Å². The minimum absolute atomic E-state index is 0.155. The Kier molecular flexibility index (Phi) is 1.92. The molecule has 1 aromatic heterocycles. The summed E-state index contributed by atoms with van der Waals surface area (Å²) in [6.45, 7) is 0. The van der Waals surface area contributed by atoms with E-state index in [2.05, 4.69) is 20.9 Å². The van der Waals surface area contributed by atoms with Crippen LogP contribution in [0.15, 0.2) is 28.9 Å². The Labute approximate surface area is 82.2 Å². The van der Waals surface area contributed by atoms with Crippen LogP contribution in [0.1, 0.15) is 0 Å². The largest absolute Gasteiger partial charge is 0.493 e. The van der Waals surface area contributed by atoms with Crippen molar-refractivity contribution in [2.24, 2.45) is 0 Å². The van der Waals surface area contributed by atoms with Gasteiger partial charge in [-0.1, -0.05) is 22.0 Å². The van der Waals surface area contributed by atoms with Gasteiger partial charge in [-0.3, -0.25) is 0 Å². The van der Waals surface area contributed by atoms with E-state index in [-0.39, 0.29) is 5.88 Å². The molecule has 4 heteroatoms. The van der Waals surface area contributed by atoms with Gasteiger partial charge in [0.2, 0.25) is 5.88 Å². The summed E-state index contributed by atoms with van der Waals surface area (Å²) in [5.41, 5.74) is 0. The highest BCUT2D eigenvalue weighted by Gasteiger charge is 2.05. The molecule has 1 heterocycles. The lowest BCUT2D eigenvalue weighted by Gasteiger charge is -2.01. The zero-order chi connectivity index (χ0) is 9.42. The van der Waals surface area contributed by atoms with E-state index in [1.807, 2.05) is 0 Å². The highest BCUT2D eigenvalue weighted by molar-refractivity contribution is 9.10. The van der Waals surface area contributed by atoms with E-state index in [1.165, 1.54) is 0 Å². The number of nitrogens with zero attached hydrogens (tertiary/aromatic N) is 1. The molecule has 0 aliphatic rings. The SMILES string of the molecule is Oc1ncc(F)c2ccc(Br)cc12. The summed E-state index contributed by atoms with van der Waals surface area (Å²) >= 11 is 3.23. The summed E-state index contributed by atoms with van der Waals surface area (Å²) in [5.74, 6) is -0.585. The maximum atomic E-state index is 13.1. The van der Waals surface area contributed by atoms with Crippen LogP contribution in [0.2, 0.25) is 0 Å². The highest BCUT2D eigenvalue weighted by Crippen LogP contribution is 2.27. The van der Waals surface area contributed by atoms with Crippen molar-refractivity contribution in [1.29, 1.82) is 0 Å². The lowest BCUT2D eigenvalue weighted by molar-refractivity contribution is 0.457. The third kappa shape index (κ3) is 1.37. The molecule has 0 saturated heterocycles. The van der Waals surface area contributed by atoms with Crippen molar-refractivity contribution in [1.82, 2.24) is 4.98 Å². The van der Waals surface area contributed by atoms with Crippen molar-refractivity contribution < 1.29 is 9.50 Å². The topological polar surface area (TPSA) is 33.1 Å². The predicted molar refractivity (Wildman–Crippen MR) is 51.1 cm³/mol. The number of fused-ring (bicyclic) bond motifs is 1. The molecule has 2 aromatic rings. The number of hydrogen-bond acceptors (Lipinski definition) is 2. The summed E-state index contributed by atoms with van der Waals surface area (Å²) in [4.78, 5) is 3.51. The van der Waals surface area contributed by atoms with Crippen LogP contribution in [0.4, 0.5) is 4.39 Å². The quantitative estimate of drug-likeness (QED) is 0.770. The first-order chi connectivity index (χ1) is 6.18. The second-order valence-electron chi connectivity index (χ2n) is 2.62. The third-order valence-corrected chi connectivity index (χ3v) is 2.27. The predicted octanol–water partition coefficient (Wildman–Crippen LogP) is 2.84. The number of rotatable bonds is 0. The molecular formula is C9H5BrFNO. The molecule has 1 aromatic carbocycles. The number of benzene rings is 1. The smallest absolute Gasteiger partial charge is 0.219 e. The Morgan fingerprint density at radius 1 is 1.31 bits per heavy atom. The highest BCUT2D eigenvalue weighted by atomic mass is 79.9. The van der Waals surface area contributed by atoms with Gasteiger partial charge in [0.25, 0.3) is 0 Å². The standard InChI is InChI=1S/C9H5BrFNO/c10-5-1-2-6-7(3-5)9(13)12-4-8(6)11/h1-4H,(H,12,13). The molecule has 0 aliphatic heterocycles. The molecule has 13 heavy (non-hydrogen) atoms. The molecule has 0 bridgehead atoms. The second-order valence-corrected chi connectivity index (χ2v) is 3.54. The van der Waals surface area contributed by atoms with Crippen molar-refractivity contribution in [3.63, 3.8) is 0 Å². The molecule has 1 N–H and O–H groups in total. The van der Waals surface area contributed by atoms with Crippen molar-refractivity contribution in [3.05, 3.63) is 34.7 Å². The van der Waals surface area contributed by atoms with Gasteiger partial charge in [-0.15, -0.1) is 0 Å². The van der Waals surface area contributed by atoms with Crippen molar-refractivity contribution in [2.75, 3.05) is 0 Å².